The molecule has 0 N–H and O–H groups in total. The molecule has 24 heavy (non-hydrogen) atoms. The Labute approximate surface area is 141 Å². The van der Waals surface area contributed by atoms with E-state index in [1.54, 1.807) is 0 Å². The fourth-order valence-electron chi connectivity index (χ4n) is 2.31. The lowest BCUT2D eigenvalue weighted by molar-refractivity contribution is -0.129. The molecule has 130 valence electrons. The van der Waals surface area contributed by atoms with Gasteiger partial charge in [-0.2, -0.15) is 0 Å². The van der Waals surface area contributed by atoms with Gasteiger partial charge in [-0.15, -0.1) is 11.6 Å². The third kappa shape index (κ3) is 3.90. The topological polar surface area (TPSA) is 29.5 Å². The molecule has 0 aromatic heterocycles. The highest BCUT2D eigenvalue weighted by molar-refractivity contribution is 6.31. The molecule has 1 aromatic carbocycles. The highest BCUT2D eigenvalue weighted by Crippen LogP contribution is 2.33. The van der Waals surface area contributed by atoms with E-state index in [2.05, 4.69) is 6.58 Å². The summed E-state index contributed by atoms with van der Waals surface area (Å²) in [5, 5.41) is -1.05. The number of rotatable bonds is 6. The van der Waals surface area contributed by atoms with E-state index < -0.39 is 41.5 Å². The summed E-state index contributed by atoms with van der Waals surface area (Å²) in [5.41, 5.74) is -0.832. The molecule has 0 radical (unpaired) electrons. The van der Waals surface area contributed by atoms with Crippen molar-refractivity contribution < 1.29 is 27.1 Å². The van der Waals surface area contributed by atoms with Crippen LogP contribution in [0.4, 0.5) is 17.6 Å². The van der Waals surface area contributed by atoms with Crippen LogP contribution in [0.15, 0.2) is 30.9 Å². The van der Waals surface area contributed by atoms with E-state index in [1.807, 2.05) is 0 Å². The number of nitrogens with zero attached hydrogens (tertiary/aromatic N) is 1. The van der Waals surface area contributed by atoms with Crippen molar-refractivity contribution in [2.24, 2.45) is 0 Å². The Morgan fingerprint density at radius 2 is 2.00 bits per heavy atom. The maximum Gasteiger partial charge on any atom is 0.256 e. The van der Waals surface area contributed by atoms with E-state index in [0.29, 0.717) is 4.90 Å². The van der Waals surface area contributed by atoms with Crippen molar-refractivity contribution in [1.29, 1.82) is 0 Å². The van der Waals surface area contributed by atoms with Gasteiger partial charge in [0.05, 0.1) is 17.8 Å². The first-order valence-electron chi connectivity index (χ1n) is 7.02. The summed E-state index contributed by atoms with van der Waals surface area (Å²) < 4.78 is 59.1. The number of ether oxygens (including phenoxy) is 1. The van der Waals surface area contributed by atoms with Crippen LogP contribution in [0.2, 0.25) is 0 Å². The molecule has 0 aliphatic carbocycles. The van der Waals surface area contributed by atoms with Crippen LogP contribution >= 0.6 is 11.6 Å². The van der Waals surface area contributed by atoms with E-state index in [1.165, 1.54) is 12.2 Å². The zero-order valence-corrected chi connectivity index (χ0v) is 13.2. The van der Waals surface area contributed by atoms with Gasteiger partial charge in [0.1, 0.15) is 29.4 Å². The fourth-order valence-corrected chi connectivity index (χ4v) is 2.52. The Kier molecular flexibility index (Phi) is 5.88. The number of benzene rings is 1. The third-order valence-electron chi connectivity index (χ3n) is 3.30. The van der Waals surface area contributed by atoms with E-state index in [4.69, 9.17) is 16.3 Å². The van der Waals surface area contributed by atoms with Gasteiger partial charge in [0.15, 0.2) is 0 Å². The molecule has 0 spiro atoms. The predicted molar refractivity (Wildman–Crippen MR) is 82.0 cm³/mol. The zero-order chi connectivity index (χ0) is 17.9. The average Bonchev–Trinajstić information content (AvgIpc) is 2.51. The van der Waals surface area contributed by atoms with Gasteiger partial charge in [0.2, 0.25) is 5.91 Å². The van der Waals surface area contributed by atoms with Crippen molar-refractivity contribution in [2.75, 3.05) is 13.2 Å². The highest BCUT2D eigenvalue weighted by atomic mass is 35.5. The second-order valence-electron chi connectivity index (χ2n) is 4.99. The van der Waals surface area contributed by atoms with Crippen molar-refractivity contribution in [2.45, 2.75) is 18.2 Å². The number of amides is 1. The second kappa shape index (κ2) is 7.70. The Morgan fingerprint density at radius 3 is 2.54 bits per heavy atom. The first-order valence-corrected chi connectivity index (χ1v) is 7.45. The first kappa shape index (κ1) is 18.3. The SMILES string of the molecule is C=CCOc1cc(F)c(C2=CCC(Cl)C(=O)N2CC(F)F)c(F)c1. The van der Waals surface area contributed by atoms with Gasteiger partial charge in [0.25, 0.3) is 6.43 Å². The lowest BCUT2D eigenvalue weighted by atomic mass is 10.0. The molecule has 2 rings (SSSR count). The Balaban J connectivity index is 2.44. The van der Waals surface area contributed by atoms with Crippen LogP contribution < -0.4 is 4.74 Å². The number of hydrogen-bond acceptors (Lipinski definition) is 2. The summed E-state index contributed by atoms with van der Waals surface area (Å²) in [6.45, 7) is 2.46. The number of hydrogen-bond donors (Lipinski definition) is 0. The highest BCUT2D eigenvalue weighted by Gasteiger charge is 2.34. The molecule has 0 saturated carbocycles. The van der Waals surface area contributed by atoms with Gasteiger partial charge < -0.3 is 9.64 Å². The minimum Gasteiger partial charge on any atom is -0.489 e. The van der Waals surface area contributed by atoms with Gasteiger partial charge in [0, 0.05) is 12.1 Å². The zero-order valence-electron chi connectivity index (χ0n) is 12.4. The molecular weight excluding hydrogens is 350 g/mol. The largest absolute Gasteiger partial charge is 0.489 e. The second-order valence-corrected chi connectivity index (χ2v) is 5.52. The summed E-state index contributed by atoms with van der Waals surface area (Å²) in [4.78, 5) is 12.6. The predicted octanol–water partition coefficient (Wildman–Crippen LogP) is 3.98. The van der Waals surface area contributed by atoms with E-state index >= 15 is 0 Å². The quantitative estimate of drug-likeness (QED) is 0.435. The lowest BCUT2D eigenvalue weighted by Crippen LogP contribution is -2.41. The molecule has 1 aromatic rings. The summed E-state index contributed by atoms with van der Waals surface area (Å²) in [6.07, 6.45) is -0.214. The number of carbonyl (C=O) groups excluding carboxylic acids is 1. The summed E-state index contributed by atoms with van der Waals surface area (Å²) in [5.74, 6) is -2.95. The van der Waals surface area contributed by atoms with Gasteiger partial charge >= 0.3 is 0 Å². The molecule has 1 atom stereocenters. The Morgan fingerprint density at radius 1 is 1.38 bits per heavy atom. The standard InChI is InChI=1S/C16H14ClF4NO2/c1-2-5-24-9-6-11(18)15(12(19)7-9)13-4-3-10(17)16(23)22(13)8-14(20)21/h2,4,6-7,10,14H,1,3,5,8H2. The fraction of sp³-hybridized carbons (Fsp3) is 0.312. The summed E-state index contributed by atoms with van der Waals surface area (Å²) >= 11 is 5.76. The average molecular weight is 364 g/mol. The number of allylic oxidation sites excluding steroid dienone is 1. The van der Waals surface area contributed by atoms with Crippen LogP contribution in [0.1, 0.15) is 12.0 Å². The first-order chi connectivity index (χ1) is 11.3. The minimum absolute atomic E-state index is 0.0109. The molecule has 1 aliphatic heterocycles. The third-order valence-corrected chi connectivity index (χ3v) is 3.67. The molecule has 0 fully saturated rings. The Hall–Kier alpha value is -2.02. The van der Waals surface area contributed by atoms with Crippen LogP contribution in [0, 0.1) is 11.6 Å². The molecule has 1 amide bonds. The molecule has 1 unspecified atom stereocenters. The van der Waals surface area contributed by atoms with Crippen LogP contribution in [-0.2, 0) is 4.79 Å². The number of carbonyl (C=O) groups is 1. The van der Waals surface area contributed by atoms with Crippen LogP contribution in [0.3, 0.4) is 0 Å². The normalized spacial score (nSPS) is 17.9. The monoisotopic (exact) mass is 363 g/mol. The Bertz CT molecular complexity index is 655. The molecule has 1 heterocycles. The lowest BCUT2D eigenvalue weighted by Gasteiger charge is -2.31. The van der Waals surface area contributed by atoms with Crippen LogP contribution in [0.25, 0.3) is 5.70 Å². The maximum atomic E-state index is 14.3. The van der Waals surface area contributed by atoms with Gasteiger partial charge in [-0.1, -0.05) is 18.7 Å². The summed E-state index contributed by atoms with van der Waals surface area (Å²) in [6, 6.07) is 1.83. The van der Waals surface area contributed by atoms with Crippen molar-refractivity contribution in [3.63, 3.8) is 0 Å². The number of halogens is 5. The maximum absolute atomic E-state index is 14.3. The smallest absolute Gasteiger partial charge is 0.256 e. The summed E-state index contributed by atoms with van der Waals surface area (Å²) in [7, 11) is 0. The molecule has 1 aliphatic rings. The van der Waals surface area contributed by atoms with Gasteiger partial charge in [-0.25, -0.2) is 17.6 Å². The molecular formula is C16H14ClF4NO2. The van der Waals surface area contributed by atoms with Gasteiger partial charge in [-0.3, -0.25) is 4.79 Å². The molecule has 0 saturated heterocycles. The van der Waals surface area contributed by atoms with Crippen molar-refractivity contribution in [3.05, 3.63) is 48.1 Å². The molecule has 3 nitrogen and oxygen atoms in total. The van der Waals surface area contributed by atoms with Crippen molar-refractivity contribution >= 4 is 23.2 Å². The van der Waals surface area contributed by atoms with E-state index in [-0.39, 0.29) is 24.5 Å². The molecule has 0 bridgehead atoms. The number of alkyl halides is 3. The van der Waals surface area contributed by atoms with Gasteiger partial charge in [-0.05, 0) is 6.42 Å². The van der Waals surface area contributed by atoms with Crippen LogP contribution in [-0.4, -0.2) is 35.8 Å². The van der Waals surface area contributed by atoms with Crippen molar-refractivity contribution in [3.8, 4) is 5.75 Å². The van der Waals surface area contributed by atoms with E-state index in [0.717, 1.165) is 12.1 Å². The van der Waals surface area contributed by atoms with Crippen LogP contribution in [0.5, 0.6) is 5.75 Å². The van der Waals surface area contributed by atoms with E-state index in [9.17, 15) is 22.4 Å². The molecule has 8 heteroatoms. The van der Waals surface area contributed by atoms with Crippen molar-refractivity contribution in [1.82, 2.24) is 4.90 Å². The minimum atomic E-state index is -2.87.